The summed E-state index contributed by atoms with van der Waals surface area (Å²) in [6.45, 7) is 3.76. The number of ether oxygens (including phenoxy) is 1. The topological polar surface area (TPSA) is 32.8 Å². The number of benzene rings is 2. The molecule has 172 valence electrons. The van der Waals surface area contributed by atoms with Crippen LogP contribution in [0, 0.1) is 5.92 Å². The van der Waals surface area contributed by atoms with Crippen molar-refractivity contribution in [1.82, 2.24) is 9.80 Å². The van der Waals surface area contributed by atoms with Crippen LogP contribution in [0.5, 0.6) is 5.75 Å². The first-order valence-electron chi connectivity index (χ1n) is 11.2. The first kappa shape index (κ1) is 22.6. The van der Waals surface area contributed by atoms with Crippen LogP contribution in [-0.4, -0.2) is 55.5 Å². The summed E-state index contributed by atoms with van der Waals surface area (Å²) in [6.07, 6.45) is -0.868. The van der Waals surface area contributed by atoms with Crippen LogP contribution in [0.25, 0.3) is 0 Å². The molecule has 0 aliphatic carbocycles. The highest BCUT2D eigenvalue weighted by atomic mass is 19.4. The molecule has 2 heterocycles. The summed E-state index contributed by atoms with van der Waals surface area (Å²) in [6, 6.07) is 12.6. The third-order valence-corrected chi connectivity index (χ3v) is 6.63. The highest BCUT2D eigenvalue weighted by Crippen LogP contribution is 2.37. The van der Waals surface area contributed by atoms with Crippen LogP contribution in [-0.2, 0) is 6.18 Å². The minimum absolute atomic E-state index is 0.0890. The Kier molecular flexibility index (Phi) is 6.74. The van der Waals surface area contributed by atoms with E-state index in [1.165, 1.54) is 18.6 Å². The van der Waals surface area contributed by atoms with Crippen LogP contribution in [0.4, 0.5) is 13.2 Å². The van der Waals surface area contributed by atoms with E-state index >= 15 is 0 Å². The summed E-state index contributed by atoms with van der Waals surface area (Å²) >= 11 is 0. The number of nitrogens with zero attached hydrogens (tertiary/aromatic N) is 2. The number of hydrogen-bond acceptors (Lipinski definition) is 3. The number of alkyl halides is 3. The van der Waals surface area contributed by atoms with Crippen molar-refractivity contribution in [1.29, 1.82) is 0 Å². The number of rotatable bonds is 5. The van der Waals surface area contributed by atoms with Crippen LogP contribution in [0.2, 0.25) is 0 Å². The van der Waals surface area contributed by atoms with E-state index < -0.39 is 11.7 Å². The Morgan fingerprint density at radius 2 is 1.78 bits per heavy atom. The molecular weight excluding hydrogens is 417 g/mol. The van der Waals surface area contributed by atoms with Gasteiger partial charge in [-0.3, -0.25) is 4.79 Å². The van der Waals surface area contributed by atoms with Crippen LogP contribution in [0.3, 0.4) is 0 Å². The summed E-state index contributed by atoms with van der Waals surface area (Å²) in [7, 11) is 1.55. The molecule has 2 aromatic carbocycles. The fourth-order valence-electron chi connectivity index (χ4n) is 4.96. The van der Waals surface area contributed by atoms with Gasteiger partial charge in [-0.2, -0.15) is 13.2 Å². The number of likely N-dealkylation sites (tertiary alicyclic amines) is 2. The Bertz CT molecular complexity index is 941. The SMILES string of the molecule is COc1cccc(C(=O)N2C[C@@H](CN3CCCCC3)[C@@H](c3cccc(C(F)(F)F)c3)C2)c1. The molecule has 0 unspecified atom stereocenters. The lowest BCUT2D eigenvalue weighted by molar-refractivity contribution is -0.137. The van der Waals surface area contributed by atoms with Gasteiger partial charge >= 0.3 is 6.18 Å². The zero-order valence-corrected chi connectivity index (χ0v) is 18.3. The first-order chi connectivity index (χ1) is 15.3. The van der Waals surface area contributed by atoms with Crippen molar-refractivity contribution in [3.05, 3.63) is 65.2 Å². The first-order valence-corrected chi connectivity index (χ1v) is 11.2. The molecule has 2 aromatic rings. The van der Waals surface area contributed by atoms with Crippen LogP contribution >= 0.6 is 0 Å². The molecule has 0 bridgehead atoms. The van der Waals surface area contributed by atoms with Gasteiger partial charge < -0.3 is 14.5 Å². The van der Waals surface area contributed by atoms with Gasteiger partial charge in [-0.05, 0) is 61.7 Å². The van der Waals surface area contributed by atoms with Crippen LogP contribution in [0.1, 0.15) is 46.7 Å². The predicted molar refractivity (Wildman–Crippen MR) is 117 cm³/mol. The van der Waals surface area contributed by atoms with E-state index in [4.69, 9.17) is 4.74 Å². The molecule has 4 rings (SSSR count). The zero-order chi connectivity index (χ0) is 22.7. The minimum Gasteiger partial charge on any atom is -0.497 e. The van der Waals surface area contributed by atoms with Crippen molar-refractivity contribution in [2.24, 2.45) is 5.92 Å². The van der Waals surface area contributed by atoms with Gasteiger partial charge in [0.05, 0.1) is 12.7 Å². The second-order valence-electron chi connectivity index (χ2n) is 8.79. The lowest BCUT2D eigenvalue weighted by atomic mass is 9.87. The zero-order valence-electron chi connectivity index (χ0n) is 18.3. The maximum atomic E-state index is 13.3. The van der Waals surface area contributed by atoms with Crippen LogP contribution < -0.4 is 4.74 Å². The van der Waals surface area contributed by atoms with Crippen molar-refractivity contribution in [2.75, 3.05) is 39.8 Å². The third-order valence-electron chi connectivity index (χ3n) is 6.63. The molecule has 2 fully saturated rings. The second-order valence-corrected chi connectivity index (χ2v) is 8.79. The Hall–Kier alpha value is -2.54. The Labute approximate surface area is 187 Å². The minimum atomic E-state index is -4.38. The van der Waals surface area contributed by atoms with Gasteiger partial charge in [0.15, 0.2) is 0 Å². The maximum absolute atomic E-state index is 13.3. The third kappa shape index (κ3) is 5.09. The fourth-order valence-corrected chi connectivity index (χ4v) is 4.96. The molecule has 0 radical (unpaired) electrons. The van der Waals surface area contributed by atoms with E-state index in [9.17, 15) is 18.0 Å². The Morgan fingerprint density at radius 1 is 1.03 bits per heavy atom. The fraction of sp³-hybridized carbons (Fsp3) is 0.480. The lowest BCUT2D eigenvalue weighted by Gasteiger charge is -2.31. The van der Waals surface area contributed by atoms with Gasteiger partial charge in [-0.25, -0.2) is 0 Å². The highest BCUT2D eigenvalue weighted by molar-refractivity contribution is 5.94. The van der Waals surface area contributed by atoms with Gasteiger partial charge in [-0.15, -0.1) is 0 Å². The number of carbonyl (C=O) groups is 1. The van der Waals surface area contributed by atoms with Gasteiger partial charge in [0, 0.05) is 31.1 Å². The molecule has 32 heavy (non-hydrogen) atoms. The van der Waals surface area contributed by atoms with E-state index in [1.807, 2.05) is 0 Å². The highest BCUT2D eigenvalue weighted by Gasteiger charge is 2.39. The average molecular weight is 447 g/mol. The summed E-state index contributed by atoms with van der Waals surface area (Å²) in [5.41, 5.74) is 0.554. The van der Waals surface area contributed by atoms with E-state index in [2.05, 4.69) is 4.90 Å². The van der Waals surface area contributed by atoms with Gasteiger partial charge in [-0.1, -0.05) is 30.7 Å². The summed E-state index contributed by atoms with van der Waals surface area (Å²) in [5, 5.41) is 0. The molecule has 2 saturated heterocycles. The van der Waals surface area contributed by atoms with Gasteiger partial charge in [0.25, 0.3) is 5.91 Å². The molecule has 7 heteroatoms. The summed E-state index contributed by atoms with van der Waals surface area (Å²) in [4.78, 5) is 17.4. The largest absolute Gasteiger partial charge is 0.497 e. The quantitative estimate of drug-likeness (QED) is 0.644. The van der Waals surface area contributed by atoms with E-state index in [0.29, 0.717) is 30.0 Å². The van der Waals surface area contributed by atoms with Gasteiger partial charge in [0.2, 0.25) is 0 Å². The molecule has 0 spiro atoms. The molecular formula is C25H29F3N2O2. The number of halogens is 3. The number of methoxy groups -OCH3 is 1. The summed E-state index contributed by atoms with van der Waals surface area (Å²) in [5.74, 6) is 0.455. The molecule has 0 saturated carbocycles. The molecule has 1 amide bonds. The Balaban J connectivity index is 1.59. The van der Waals surface area contributed by atoms with Gasteiger partial charge in [0.1, 0.15) is 5.75 Å². The maximum Gasteiger partial charge on any atom is 0.416 e. The van der Waals surface area contributed by atoms with E-state index in [1.54, 1.807) is 42.3 Å². The van der Waals surface area contributed by atoms with Crippen LogP contribution in [0.15, 0.2) is 48.5 Å². The van der Waals surface area contributed by atoms with Crippen molar-refractivity contribution in [2.45, 2.75) is 31.4 Å². The molecule has 2 aliphatic heterocycles. The number of piperidine rings is 1. The van der Waals surface area contributed by atoms with Crippen molar-refractivity contribution in [3.63, 3.8) is 0 Å². The van der Waals surface area contributed by atoms with Crippen molar-refractivity contribution < 1.29 is 22.7 Å². The number of amides is 1. The molecule has 2 atom stereocenters. The lowest BCUT2D eigenvalue weighted by Crippen LogP contribution is -2.36. The van der Waals surface area contributed by atoms with Crippen molar-refractivity contribution >= 4 is 5.91 Å². The molecule has 0 aromatic heterocycles. The van der Waals surface area contributed by atoms with E-state index in [-0.39, 0.29) is 17.7 Å². The number of hydrogen-bond donors (Lipinski definition) is 0. The molecule has 4 nitrogen and oxygen atoms in total. The molecule has 2 aliphatic rings. The second kappa shape index (κ2) is 9.53. The van der Waals surface area contributed by atoms with Crippen molar-refractivity contribution in [3.8, 4) is 5.75 Å². The standard InChI is InChI=1S/C25H29F3N2O2/c1-32-22-10-6-8-19(14-22)24(31)30-16-20(15-29-11-3-2-4-12-29)23(17-30)18-7-5-9-21(13-18)25(26,27)28/h5-10,13-14,20,23H,2-4,11-12,15-17H2,1H3/t20-,23-/m1/s1. The number of carbonyl (C=O) groups excluding carboxylic acids is 1. The Morgan fingerprint density at radius 3 is 2.50 bits per heavy atom. The summed E-state index contributed by atoms with van der Waals surface area (Å²) < 4.78 is 45.3. The monoisotopic (exact) mass is 446 g/mol. The molecule has 0 N–H and O–H groups in total. The van der Waals surface area contributed by atoms with E-state index in [0.717, 1.165) is 38.5 Å². The predicted octanol–water partition coefficient (Wildman–Crippen LogP) is 5.06. The smallest absolute Gasteiger partial charge is 0.416 e. The normalized spacial score (nSPS) is 22.2. The average Bonchev–Trinajstić information content (AvgIpc) is 3.22.